The number of pyridine rings is 1. The SMILES string of the molecule is Cc1cc(C(=O)NCc2ncccc2C)ccc1O. The summed E-state index contributed by atoms with van der Waals surface area (Å²) in [5, 5.41) is 12.2. The van der Waals surface area contributed by atoms with Crippen LogP contribution in [0.4, 0.5) is 0 Å². The summed E-state index contributed by atoms with van der Waals surface area (Å²) >= 11 is 0. The maximum absolute atomic E-state index is 12.0. The summed E-state index contributed by atoms with van der Waals surface area (Å²) in [6.07, 6.45) is 1.71. The van der Waals surface area contributed by atoms with E-state index in [4.69, 9.17) is 0 Å². The van der Waals surface area contributed by atoms with Crippen LogP contribution in [0.1, 0.15) is 27.2 Å². The summed E-state index contributed by atoms with van der Waals surface area (Å²) < 4.78 is 0. The van der Waals surface area contributed by atoms with Crippen LogP contribution in [-0.2, 0) is 6.54 Å². The molecule has 2 aromatic rings. The Morgan fingerprint density at radius 2 is 2.05 bits per heavy atom. The molecule has 4 nitrogen and oxygen atoms in total. The maximum atomic E-state index is 12.0. The van der Waals surface area contributed by atoms with Crippen LogP contribution in [0.15, 0.2) is 36.5 Å². The molecule has 0 saturated heterocycles. The standard InChI is InChI=1S/C15H16N2O2/c1-10-4-3-7-16-13(10)9-17-15(19)12-5-6-14(18)11(2)8-12/h3-8,18H,9H2,1-2H3,(H,17,19). The normalized spacial score (nSPS) is 10.2. The fourth-order valence-corrected chi connectivity index (χ4v) is 1.77. The zero-order valence-electron chi connectivity index (χ0n) is 11.0. The van der Waals surface area contributed by atoms with Gasteiger partial charge >= 0.3 is 0 Å². The Morgan fingerprint density at radius 1 is 1.26 bits per heavy atom. The molecule has 0 saturated carbocycles. The highest BCUT2D eigenvalue weighted by molar-refractivity contribution is 5.94. The van der Waals surface area contributed by atoms with Crippen molar-refractivity contribution in [2.75, 3.05) is 0 Å². The number of aryl methyl sites for hydroxylation is 2. The molecule has 2 N–H and O–H groups in total. The average Bonchev–Trinajstić information content (AvgIpc) is 2.40. The van der Waals surface area contributed by atoms with Gasteiger partial charge in [-0.25, -0.2) is 0 Å². The number of benzene rings is 1. The molecule has 0 unspecified atom stereocenters. The van der Waals surface area contributed by atoms with Crippen molar-refractivity contribution >= 4 is 5.91 Å². The number of rotatable bonds is 3. The number of amides is 1. The van der Waals surface area contributed by atoms with Crippen LogP contribution in [0, 0.1) is 13.8 Å². The minimum Gasteiger partial charge on any atom is -0.508 e. The third-order valence-electron chi connectivity index (χ3n) is 2.99. The van der Waals surface area contributed by atoms with Gasteiger partial charge in [0.25, 0.3) is 5.91 Å². The molecule has 4 heteroatoms. The van der Waals surface area contributed by atoms with Gasteiger partial charge in [0, 0.05) is 11.8 Å². The Labute approximate surface area is 112 Å². The first kappa shape index (κ1) is 13.1. The van der Waals surface area contributed by atoms with Gasteiger partial charge in [0.05, 0.1) is 12.2 Å². The van der Waals surface area contributed by atoms with Crippen molar-refractivity contribution in [3.8, 4) is 5.75 Å². The molecule has 1 amide bonds. The lowest BCUT2D eigenvalue weighted by atomic mass is 10.1. The third-order valence-corrected chi connectivity index (χ3v) is 2.99. The average molecular weight is 256 g/mol. The van der Waals surface area contributed by atoms with E-state index in [1.807, 2.05) is 19.1 Å². The van der Waals surface area contributed by atoms with E-state index < -0.39 is 0 Å². The number of carbonyl (C=O) groups is 1. The van der Waals surface area contributed by atoms with E-state index in [0.717, 1.165) is 11.3 Å². The van der Waals surface area contributed by atoms with Gasteiger partial charge in [-0.2, -0.15) is 0 Å². The molecular formula is C15H16N2O2. The quantitative estimate of drug-likeness (QED) is 0.886. The lowest BCUT2D eigenvalue weighted by Crippen LogP contribution is -2.23. The highest BCUT2D eigenvalue weighted by Gasteiger charge is 2.08. The molecule has 0 fully saturated rings. The molecule has 0 aliphatic heterocycles. The van der Waals surface area contributed by atoms with E-state index in [1.165, 1.54) is 6.07 Å². The second-order valence-electron chi connectivity index (χ2n) is 4.45. The van der Waals surface area contributed by atoms with Crippen LogP contribution >= 0.6 is 0 Å². The van der Waals surface area contributed by atoms with Gasteiger partial charge < -0.3 is 10.4 Å². The summed E-state index contributed by atoms with van der Waals surface area (Å²) in [5.41, 5.74) is 3.11. The number of nitrogens with zero attached hydrogens (tertiary/aromatic N) is 1. The van der Waals surface area contributed by atoms with Gasteiger partial charge in [-0.1, -0.05) is 6.07 Å². The summed E-state index contributed by atoms with van der Waals surface area (Å²) in [6, 6.07) is 8.61. The van der Waals surface area contributed by atoms with Crippen molar-refractivity contribution in [1.29, 1.82) is 0 Å². The van der Waals surface area contributed by atoms with Gasteiger partial charge in [0.2, 0.25) is 0 Å². The minimum absolute atomic E-state index is 0.173. The number of phenols is 1. The van der Waals surface area contributed by atoms with E-state index in [-0.39, 0.29) is 11.7 Å². The topological polar surface area (TPSA) is 62.2 Å². The Bertz CT molecular complexity index is 609. The van der Waals surface area contributed by atoms with Gasteiger partial charge in [-0.05, 0) is 49.2 Å². The van der Waals surface area contributed by atoms with E-state index in [9.17, 15) is 9.90 Å². The summed E-state index contributed by atoms with van der Waals surface area (Å²) in [5.74, 6) is 0.0188. The molecule has 0 aliphatic carbocycles. The molecule has 98 valence electrons. The van der Waals surface area contributed by atoms with Crippen molar-refractivity contribution in [2.45, 2.75) is 20.4 Å². The Kier molecular flexibility index (Phi) is 3.80. The number of nitrogens with one attached hydrogen (secondary N) is 1. The second kappa shape index (κ2) is 5.52. The fraction of sp³-hybridized carbons (Fsp3) is 0.200. The molecule has 1 aromatic heterocycles. The third kappa shape index (κ3) is 3.10. The van der Waals surface area contributed by atoms with Crippen molar-refractivity contribution in [3.05, 3.63) is 58.9 Å². The summed E-state index contributed by atoms with van der Waals surface area (Å²) in [7, 11) is 0. The Balaban J connectivity index is 2.05. The molecule has 1 aromatic carbocycles. The van der Waals surface area contributed by atoms with Gasteiger partial charge in [-0.3, -0.25) is 9.78 Å². The largest absolute Gasteiger partial charge is 0.508 e. The van der Waals surface area contributed by atoms with E-state index in [0.29, 0.717) is 17.7 Å². The van der Waals surface area contributed by atoms with Gasteiger partial charge in [0.1, 0.15) is 5.75 Å². The van der Waals surface area contributed by atoms with Crippen molar-refractivity contribution in [3.63, 3.8) is 0 Å². The first-order valence-electron chi connectivity index (χ1n) is 6.06. The molecule has 0 radical (unpaired) electrons. The van der Waals surface area contributed by atoms with E-state index in [2.05, 4.69) is 10.3 Å². The van der Waals surface area contributed by atoms with Crippen LogP contribution in [0.2, 0.25) is 0 Å². The molecular weight excluding hydrogens is 240 g/mol. The van der Waals surface area contributed by atoms with E-state index >= 15 is 0 Å². The van der Waals surface area contributed by atoms with Crippen LogP contribution in [0.25, 0.3) is 0 Å². The Morgan fingerprint density at radius 3 is 2.74 bits per heavy atom. The minimum atomic E-state index is -0.173. The number of carbonyl (C=O) groups excluding carboxylic acids is 1. The van der Waals surface area contributed by atoms with Crippen LogP contribution in [0.5, 0.6) is 5.75 Å². The molecule has 1 heterocycles. The van der Waals surface area contributed by atoms with Crippen LogP contribution in [0.3, 0.4) is 0 Å². The van der Waals surface area contributed by atoms with Gasteiger partial charge in [-0.15, -0.1) is 0 Å². The predicted octanol–water partition coefficient (Wildman–Crippen LogP) is 2.33. The molecule has 19 heavy (non-hydrogen) atoms. The lowest BCUT2D eigenvalue weighted by Gasteiger charge is -2.08. The molecule has 2 rings (SSSR count). The number of hydrogen-bond acceptors (Lipinski definition) is 3. The van der Waals surface area contributed by atoms with Crippen LogP contribution < -0.4 is 5.32 Å². The fourth-order valence-electron chi connectivity index (χ4n) is 1.77. The number of aromatic nitrogens is 1. The first-order valence-corrected chi connectivity index (χ1v) is 6.06. The molecule has 0 aliphatic rings. The highest BCUT2D eigenvalue weighted by Crippen LogP contribution is 2.16. The number of aromatic hydroxyl groups is 1. The first-order chi connectivity index (χ1) is 9.08. The van der Waals surface area contributed by atoms with Crippen molar-refractivity contribution < 1.29 is 9.90 Å². The monoisotopic (exact) mass is 256 g/mol. The smallest absolute Gasteiger partial charge is 0.251 e. The Hall–Kier alpha value is -2.36. The summed E-state index contributed by atoms with van der Waals surface area (Å²) in [4.78, 5) is 16.2. The predicted molar refractivity (Wildman–Crippen MR) is 73.0 cm³/mol. The van der Waals surface area contributed by atoms with Crippen LogP contribution in [-0.4, -0.2) is 16.0 Å². The molecule has 0 atom stereocenters. The van der Waals surface area contributed by atoms with Crippen molar-refractivity contribution in [2.24, 2.45) is 0 Å². The number of phenolic OH excluding ortho intramolecular Hbond substituents is 1. The van der Waals surface area contributed by atoms with E-state index in [1.54, 1.807) is 25.3 Å². The molecule has 0 spiro atoms. The lowest BCUT2D eigenvalue weighted by molar-refractivity contribution is 0.0950. The van der Waals surface area contributed by atoms with Gasteiger partial charge in [0.15, 0.2) is 0 Å². The molecule has 0 bridgehead atoms. The zero-order chi connectivity index (χ0) is 13.8. The summed E-state index contributed by atoms with van der Waals surface area (Å²) in [6.45, 7) is 4.11. The zero-order valence-corrected chi connectivity index (χ0v) is 11.0. The second-order valence-corrected chi connectivity index (χ2v) is 4.45. The maximum Gasteiger partial charge on any atom is 0.251 e. The number of hydrogen-bond donors (Lipinski definition) is 2. The highest BCUT2D eigenvalue weighted by atomic mass is 16.3. The van der Waals surface area contributed by atoms with Crippen molar-refractivity contribution in [1.82, 2.24) is 10.3 Å².